The van der Waals surface area contributed by atoms with Crippen LogP contribution in [-0.2, 0) is 0 Å². The fraction of sp³-hybridized carbons (Fsp3) is 0.533. The molecule has 1 saturated carbocycles. The van der Waals surface area contributed by atoms with Crippen molar-refractivity contribution in [2.75, 3.05) is 18.5 Å². The summed E-state index contributed by atoms with van der Waals surface area (Å²) in [6, 6.07) is 11.2. The van der Waals surface area contributed by atoms with Crippen molar-refractivity contribution in [1.29, 1.82) is 5.26 Å². The zero-order valence-electron chi connectivity index (χ0n) is 11.4. The summed E-state index contributed by atoms with van der Waals surface area (Å²) in [5.74, 6) is 0. The maximum atomic E-state index is 9.39. The predicted molar refractivity (Wildman–Crippen MR) is 74.6 cm³/mol. The number of nitriles is 1. The number of anilines is 1. The van der Waals surface area contributed by atoms with E-state index in [1.54, 1.807) is 0 Å². The highest BCUT2D eigenvalue weighted by Crippen LogP contribution is 2.24. The Morgan fingerprint density at radius 3 is 2.67 bits per heavy atom. The van der Waals surface area contributed by atoms with Gasteiger partial charge in [-0.15, -0.1) is 0 Å². The summed E-state index contributed by atoms with van der Waals surface area (Å²) in [7, 11) is 2.05. The van der Waals surface area contributed by atoms with Crippen LogP contribution in [0, 0.1) is 18.3 Å². The maximum Gasteiger partial charge on any atom is 0.121 e. The van der Waals surface area contributed by atoms with Crippen molar-refractivity contribution >= 4 is 5.69 Å². The first-order valence-electron chi connectivity index (χ1n) is 6.50. The van der Waals surface area contributed by atoms with Crippen LogP contribution in [0.4, 0.5) is 5.69 Å². The minimum Gasteiger partial charge on any atom is -0.371 e. The van der Waals surface area contributed by atoms with Gasteiger partial charge in [-0.3, -0.25) is 5.32 Å². The standard InChI is InChI=1S/C15H21N3/c1-12-6-4-5-7-14(12)18(3)11-15(2,10-16)17-13-8-9-13/h4-7,13,17H,8-9,11H2,1-3H3. The molecule has 0 bridgehead atoms. The highest BCUT2D eigenvalue weighted by Gasteiger charge is 2.33. The zero-order valence-corrected chi connectivity index (χ0v) is 11.4. The molecule has 0 radical (unpaired) electrons. The third kappa shape index (κ3) is 3.02. The van der Waals surface area contributed by atoms with Gasteiger partial charge in [0.25, 0.3) is 0 Å². The summed E-state index contributed by atoms with van der Waals surface area (Å²) >= 11 is 0. The first-order valence-corrected chi connectivity index (χ1v) is 6.50. The van der Waals surface area contributed by atoms with Crippen LogP contribution in [0.5, 0.6) is 0 Å². The van der Waals surface area contributed by atoms with E-state index in [0.29, 0.717) is 12.6 Å². The van der Waals surface area contributed by atoms with Crippen LogP contribution in [-0.4, -0.2) is 25.2 Å². The van der Waals surface area contributed by atoms with E-state index < -0.39 is 5.54 Å². The van der Waals surface area contributed by atoms with Gasteiger partial charge in [-0.1, -0.05) is 18.2 Å². The highest BCUT2D eigenvalue weighted by molar-refractivity contribution is 5.52. The highest BCUT2D eigenvalue weighted by atomic mass is 15.2. The van der Waals surface area contributed by atoms with Gasteiger partial charge in [0.05, 0.1) is 6.07 Å². The summed E-state index contributed by atoms with van der Waals surface area (Å²) < 4.78 is 0. The molecule has 0 aliphatic heterocycles. The third-order valence-electron chi connectivity index (χ3n) is 3.43. The van der Waals surface area contributed by atoms with Crippen LogP contribution in [0.1, 0.15) is 25.3 Å². The molecular weight excluding hydrogens is 222 g/mol. The van der Waals surface area contributed by atoms with Gasteiger partial charge in [-0.05, 0) is 38.3 Å². The quantitative estimate of drug-likeness (QED) is 0.863. The normalized spacial score (nSPS) is 17.9. The molecule has 1 N–H and O–H groups in total. The summed E-state index contributed by atoms with van der Waals surface area (Å²) in [5, 5.41) is 12.8. The average molecular weight is 243 g/mol. The molecule has 3 nitrogen and oxygen atoms in total. The lowest BCUT2D eigenvalue weighted by Crippen LogP contribution is -2.50. The van der Waals surface area contributed by atoms with E-state index in [1.165, 1.54) is 24.1 Å². The number of hydrogen-bond acceptors (Lipinski definition) is 3. The van der Waals surface area contributed by atoms with E-state index in [2.05, 4.69) is 35.3 Å². The SMILES string of the molecule is Cc1ccccc1N(C)CC(C)(C#N)NC1CC1. The Balaban J connectivity index is 2.07. The fourth-order valence-corrected chi connectivity index (χ4v) is 2.34. The average Bonchev–Trinajstić information content (AvgIpc) is 3.13. The molecule has 0 saturated heterocycles. The van der Waals surface area contributed by atoms with Crippen molar-refractivity contribution in [3.8, 4) is 6.07 Å². The number of nitrogens with one attached hydrogen (secondary N) is 1. The van der Waals surface area contributed by atoms with E-state index >= 15 is 0 Å². The Hall–Kier alpha value is -1.53. The molecular formula is C15H21N3. The molecule has 1 aliphatic carbocycles. The molecule has 0 heterocycles. The Labute approximate surface area is 109 Å². The first kappa shape index (κ1) is 12.9. The summed E-state index contributed by atoms with van der Waals surface area (Å²) in [5.41, 5.74) is 1.96. The first-order chi connectivity index (χ1) is 8.54. The lowest BCUT2D eigenvalue weighted by Gasteiger charge is -2.31. The maximum absolute atomic E-state index is 9.39. The number of benzene rings is 1. The molecule has 0 spiro atoms. The molecule has 2 rings (SSSR count). The van der Waals surface area contributed by atoms with Crippen molar-refractivity contribution in [3.63, 3.8) is 0 Å². The molecule has 1 aliphatic rings. The van der Waals surface area contributed by atoms with Crippen molar-refractivity contribution in [2.45, 2.75) is 38.3 Å². The van der Waals surface area contributed by atoms with Crippen LogP contribution in [0.2, 0.25) is 0 Å². The van der Waals surface area contributed by atoms with Crippen LogP contribution in [0.3, 0.4) is 0 Å². The van der Waals surface area contributed by atoms with Crippen LogP contribution >= 0.6 is 0 Å². The Kier molecular flexibility index (Phi) is 3.58. The van der Waals surface area contributed by atoms with Crippen LogP contribution in [0.15, 0.2) is 24.3 Å². The second-order valence-electron chi connectivity index (χ2n) is 5.51. The minimum absolute atomic E-state index is 0.474. The van der Waals surface area contributed by atoms with Gasteiger partial charge in [0.15, 0.2) is 0 Å². The lowest BCUT2D eigenvalue weighted by atomic mass is 10.0. The molecule has 3 heteroatoms. The lowest BCUT2D eigenvalue weighted by molar-refractivity contribution is 0.445. The van der Waals surface area contributed by atoms with E-state index in [0.717, 1.165) is 0 Å². The number of aryl methyl sites for hydroxylation is 1. The number of rotatable bonds is 5. The molecule has 96 valence electrons. The molecule has 0 aromatic heterocycles. The smallest absolute Gasteiger partial charge is 0.121 e. The molecule has 1 unspecified atom stereocenters. The van der Waals surface area contributed by atoms with Crippen molar-refractivity contribution < 1.29 is 0 Å². The number of hydrogen-bond donors (Lipinski definition) is 1. The number of para-hydroxylation sites is 1. The topological polar surface area (TPSA) is 39.1 Å². The largest absolute Gasteiger partial charge is 0.371 e. The van der Waals surface area contributed by atoms with Crippen molar-refractivity contribution in [1.82, 2.24) is 5.32 Å². The van der Waals surface area contributed by atoms with E-state index in [-0.39, 0.29) is 0 Å². The molecule has 1 aromatic carbocycles. The Morgan fingerprint density at radius 1 is 1.44 bits per heavy atom. The minimum atomic E-state index is -0.474. The fourth-order valence-electron chi connectivity index (χ4n) is 2.34. The number of nitrogens with zero attached hydrogens (tertiary/aromatic N) is 2. The van der Waals surface area contributed by atoms with Gasteiger partial charge in [0, 0.05) is 25.3 Å². The van der Waals surface area contributed by atoms with Crippen LogP contribution < -0.4 is 10.2 Å². The molecule has 1 atom stereocenters. The number of likely N-dealkylation sites (N-methyl/N-ethyl adjacent to an activating group) is 1. The third-order valence-corrected chi connectivity index (χ3v) is 3.43. The molecule has 1 aromatic rings. The summed E-state index contributed by atoms with van der Waals surface area (Å²) in [4.78, 5) is 2.16. The Bertz CT molecular complexity index is 459. The summed E-state index contributed by atoms with van der Waals surface area (Å²) in [6.07, 6.45) is 2.40. The zero-order chi connectivity index (χ0) is 13.2. The second-order valence-corrected chi connectivity index (χ2v) is 5.51. The van der Waals surface area contributed by atoms with Gasteiger partial charge in [-0.2, -0.15) is 5.26 Å². The van der Waals surface area contributed by atoms with Crippen molar-refractivity contribution in [3.05, 3.63) is 29.8 Å². The van der Waals surface area contributed by atoms with Gasteiger partial charge >= 0.3 is 0 Å². The molecule has 18 heavy (non-hydrogen) atoms. The van der Waals surface area contributed by atoms with Gasteiger partial charge in [-0.25, -0.2) is 0 Å². The van der Waals surface area contributed by atoms with E-state index in [4.69, 9.17) is 0 Å². The molecule has 1 fully saturated rings. The Morgan fingerprint density at radius 2 is 2.11 bits per heavy atom. The monoisotopic (exact) mass is 243 g/mol. The van der Waals surface area contributed by atoms with Gasteiger partial charge < -0.3 is 4.90 Å². The van der Waals surface area contributed by atoms with Gasteiger partial charge in [0.1, 0.15) is 5.54 Å². The van der Waals surface area contributed by atoms with Crippen LogP contribution in [0.25, 0.3) is 0 Å². The van der Waals surface area contributed by atoms with E-state index in [9.17, 15) is 5.26 Å². The summed E-state index contributed by atoms with van der Waals surface area (Å²) in [6.45, 7) is 4.79. The second kappa shape index (κ2) is 4.99. The van der Waals surface area contributed by atoms with Gasteiger partial charge in [0.2, 0.25) is 0 Å². The molecule has 0 amide bonds. The van der Waals surface area contributed by atoms with E-state index in [1.807, 2.05) is 26.1 Å². The van der Waals surface area contributed by atoms with Crippen molar-refractivity contribution in [2.24, 2.45) is 0 Å². The predicted octanol–water partition coefficient (Wildman–Crippen LogP) is 2.47.